The second-order valence-corrected chi connectivity index (χ2v) is 6.51. The van der Waals surface area contributed by atoms with Crippen LogP contribution in [0.2, 0.25) is 0 Å². The van der Waals surface area contributed by atoms with Gasteiger partial charge in [0.2, 0.25) is 0 Å². The third kappa shape index (κ3) is 5.02. The molecule has 0 saturated heterocycles. The van der Waals surface area contributed by atoms with E-state index in [2.05, 4.69) is 37.2 Å². The van der Waals surface area contributed by atoms with Crippen molar-refractivity contribution in [3.8, 4) is 5.75 Å². The van der Waals surface area contributed by atoms with Gasteiger partial charge in [-0.3, -0.25) is 0 Å². The van der Waals surface area contributed by atoms with Gasteiger partial charge in [0, 0.05) is 21.2 Å². The molecule has 0 radical (unpaired) electrons. The highest BCUT2D eigenvalue weighted by molar-refractivity contribution is 9.11. The summed E-state index contributed by atoms with van der Waals surface area (Å²) in [6.45, 7) is 2.66. The zero-order chi connectivity index (χ0) is 15.2. The van der Waals surface area contributed by atoms with Gasteiger partial charge in [-0.2, -0.15) is 0 Å². The van der Waals surface area contributed by atoms with Crippen molar-refractivity contribution in [1.82, 2.24) is 0 Å². The number of para-hydroxylation sites is 1. The van der Waals surface area contributed by atoms with Crippen LogP contribution in [0.15, 0.2) is 51.4 Å². The van der Waals surface area contributed by atoms with Crippen LogP contribution in [0.4, 0.5) is 5.69 Å². The number of halogens is 2. The minimum absolute atomic E-state index is 0.253. The molecule has 1 unspecified atom stereocenters. The highest BCUT2D eigenvalue weighted by Crippen LogP contribution is 2.26. The van der Waals surface area contributed by atoms with Crippen LogP contribution < -0.4 is 10.1 Å². The lowest BCUT2D eigenvalue weighted by molar-refractivity contribution is 0.117. The van der Waals surface area contributed by atoms with Gasteiger partial charge in [-0.25, -0.2) is 0 Å². The van der Waals surface area contributed by atoms with Crippen LogP contribution in [-0.4, -0.2) is 24.4 Å². The molecule has 112 valence electrons. The topological polar surface area (TPSA) is 41.5 Å². The summed E-state index contributed by atoms with van der Waals surface area (Å²) in [6.07, 6.45) is -0.588. The van der Waals surface area contributed by atoms with Gasteiger partial charge >= 0.3 is 0 Å². The maximum Gasteiger partial charge on any atom is 0.122 e. The van der Waals surface area contributed by atoms with Crippen molar-refractivity contribution in [2.45, 2.75) is 13.0 Å². The molecule has 3 nitrogen and oxygen atoms in total. The first kappa shape index (κ1) is 16.3. The Balaban J connectivity index is 1.84. The Morgan fingerprint density at radius 1 is 1.19 bits per heavy atom. The lowest BCUT2D eigenvalue weighted by Gasteiger charge is -2.16. The van der Waals surface area contributed by atoms with E-state index in [0.29, 0.717) is 6.54 Å². The lowest BCUT2D eigenvalue weighted by Crippen LogP contribution is -2.26. The van der Waals surface area contributed by atoms with Gasteiger partial charge in [-0.05, 0) is 52.7 Å². The second kappa shape index (κ2) is 7.82. The zero-order valence-corrected chi connectivity index (χ0v) is 14.8. The summed E-state index contributed by atoms with van der Waals surface area (Å²) < 4.78 is 7.57. The SMILES string of the molecule is Cc1ccccc1OCC(O)CNc1cc(Br)ccc1Br. The molecule has 2 N–H and O–H groups in total. The maximum absolute atomic E-state index is 10.0. The summed E-state index contributed by atoms with van der Waals surface area (Å²) in [5.74, 6) is 0.806. The number of hydrogen-bond acceptors (Lipinski definition) is 3. The summed E-state index contributed by atoms with van der Waals surface area (Å²) in [5.41, 5.74) is 1.99. The number of hydrogen-bond donors (Lipinski definition) is 2. The van der Waals surface area contributed by atoms with E-state index in [1.54, 1.807) is 0 Å². The molecule has 0 spiro atoms. The molecule has 21 heavy (non-hydrogen) atoms. The van der Waals surface area contributed by atoms with Gasteiger partial charge in [-0.1, -0.05) is 34.1 Å². The Morgan fingerprint density at radius 3 is 2.71 bits per heavy atom. The summed E-state index contributed by atoms with van der Waals surface area (Å²) >= 11 is 6.89. The molecule has 2 rings (SSSR count). The molecular formula is C16H17Br2NO2. The quantitative estimate of drug-likeness (QED) is 0.737. The van der Waals surface area contributed by atoms with Crippen LogP contribution in [0.5, 0.6) is 5.75 Å². The largest absolute Gasteiger partial charge is 0.491 e. The molecule has 0 fully saturated rings. The Hall–Kier alpha value is -1.04. The maximum atomic E-state index is 10.0. The molecule has 0 aliphatic carbocycles. The van der Waals surface area contributed by atoms with Gasteiger partial charge < -0.3 is 15.2 Å². The average Bonchev–Trinajstić information content (AvgIpc) is 2.47. The van der Waals surface area contributed by atoms with E-state index in [9.17, 15) is 5.11 Å². The van der Waals surface area contributed by atoms with Gasteiger partial charge in [0.1, 0.15) is 18.5 Å². The minimum Gasteiger partial charge on any atom is -0.491 e. The number of aliphatic hydroxyl groups is 1. The number of rotatable bonds is 6. The molecule has 0 saturated carbocycles. The molecule has 0 bridgehead atoms. The lowest BCUT2D eigenvalue weighted by atomic mass is 10.2. The molecule has 0 heterocycles. The number of benzene rings is 2. The van der Waals surface area contributed by atoms with Crippen LogP contribution in [0.1, 0.15) is 5.56 Å². The zero-order valence-electron chi connectivity index (χ0n) is 11.6. The Kier molecular flexibility index (Phi) is 6.08. The number of anilines is 1. The molecule has 0 amide bonds. The van der Waals surface area contributed by atoms with Crippen molar-refractivity contribution in [2.24, 2.45) is 0 Å². The van der Waals surface area contributed by atoms with Crippen molar-refractivity contribution >= 4 is 37.5 Å². The first-order chi connectivity index (χ1) is 10.1. The highest BCUT2D eigenvalue weighted by atomic mass is 79.9. The number of aliphatic hydroxyl groups excluding tert-OH is 1. The van der Waals surface area contributed by atoms with Crippen molar-refractivity contribution in [2.75, 3.05) is 18.5 Å². The molecule has 0 aliphatic rings. The second-order valence-electron chi connectivity index (χ2n) is 4.74. The van der Waals surface area contributed by atoms with Crippen molar-refractivity contribution in [3.63, 3.8) is 0 Å². The van der Waals surface area contributed by atoms with E-state index in [1.165, 1.54) is 0 Å². The fourth-order valence-electron chi connectivity index (χ4n) is 1.82. The number of aryl methyl sites for hydroxylation is 1. The molecule has 0 aliphatic heterocycles. The Bertz CT molecular complexity index is 605. The summed E-state index contributed by atoms with van der Waals surface area (Å²) in [5, 5.41) is 13.2. The van der Waals surface area contributed by atoms with Crippen LogP contribution in [0.3, 0.4) is 0 Å². The van der Waals surface area contributed by atoms with Crippen molar-refractivity contribution in [3.05, 3.63) is 57.0 Å². The summed E-state index contributed by atoms with van der Waals surface area (Å²) in [7, 11) is 0. The van der Waals surface area contributed by atoms with Gasteiger partial charge in [-0.15, -0.1) is 0 Å². The minimum atomic E-state index is -0.588. The third-order valence-electron chi connectivity index (χ3n) is 2.98. The van der Waals surface area contributed by atoms with E-state index in [0.717, 1.165) is 25.9 Å². The fourth-order valence-corrected chi connectivity index (χ4v) is 2.57. The van der Waals surface area contributed by atoms with E-state index < -0.39 is 6.10 Å². The van der Waals surface area contributed by atoms with E-state index in [4.69, 9.17) is 4.74 Å². The smallest absolute Gasteiger partial charge is 0.122 e. The van der Waals surface area contributed by atoms with Crippen LogP contribution in [0.25, 0.3) is 0 Å². The first-order valence-electron chi connectivity index (χ1n) is 6.61. The van der Waals surface area contributed by atoms with Gasteiger partial charge in [0.05, 0.1) is 0 Å². The predicted octanol–water partition coefficient (Wildman–Crippen LogP) is 4.37. The van der Waals surface area contributed by atoms with E-state index >= 15 is 0 Å². The molecule has 2 aromatic carbocycles. The van der Waals surface area contributed by atoms with Crippen LogP contribution in [0, 0.1) is 6.92 Å². The average molecular weight is 415 g/mol. The molecular weight excluding hydrogens is 398 g/mol. The van der Waals surface area contributed by atoms with E-state index in [1.807, 2.05) is 49.4 Å². The molecule has 1 atom stereocenters. The summed E-state index contributed by atoms with van der Waals surface area (Å²) in [6, 6.07) is 13.6. The third-order valence-corrected chi connectivity index (χ3v) is 4.17. The summed E-state index contributed by atoms with van der Waals surface area (Å²) in [4.78, 5) is 0. The first-order valence-corrected chi connectivity index (χ1v) is 8.20. The highest BCUT2D eigenvalue weighted by Gasteiger charge is 2.08. The van der Waals surface area contributed by atoms with Crippen LogP contribution in [-0.2, 0) is 0 Å². The van der Waals surface area contributed by atoms with Crippen LogP contribution >= 0.6 is 31.9 Å². The van der Waals surface area contributed by atoms with E-state index in [-0.39, 0.29) is 6.61 Å². The Labute approximate surface area is 141 Å². The molecule has 2 aromatic rings. The predicted molar refractivity (Wildman–Crippen MR) is 93.0 cm³/mol. The monoisotopic (exact) mass is 413 g/mol. The van der Waals surface area contributed by atoms with Gasteiger partial charge in [0.25, 0.3) is 0 Å². The normalized spacial score (nSPS) is 12.0. The number of ether oxygens (including phenoxy) is 1. The van der Waals surface area contributed by atoms with Crippen molar-refractivity contribution < 1.29 is 9.84 Å². The van der Waals surface area contributed by atoms with Gasteiger partial charge in [0.15, 0.2) is 0 Å². The number of nitrogens with one attached hydrogen (secondary N) is 1. The molecule has 0 aromatic heterocycles. The molecule has 5 heteroatoms. The standard InChI is InChI=1S/C16H17Br2NO2/c1-11-4-2-3-5-16(11)21-10-13(20)9-19-15-8-12(17)6-7-14(15)18/h2-8,13,19-20H,9-10H2,1H3. The Morgan fingerprint density at radius 2 is 1.95 bits per heavy atom. The van der Waals surface area contributed by atoms with Crippen molar-refractivity contribution in [1.29, 1.82) is 0 Å². The fraction of sp³-hybridized carbons (Fsp3) is 0.250.